The second-order valence-corrected chi connectivity index (χ2v) is 15.3. The zero-order valence-electron chi connectivity index (χ0n) is 34.4. The third kappa shape index (κ3) is 41.1. The summed E-state index contributed by atoms with van der Waals surface area (Å²) in [4.78, 5) is 22.5. The maximum Gasteiger partial charge on any atom is 0.472 e. The van der Waals surface area contributed by atoms with Crippen molar-refractivity contribution in [3.63, 3.8) is 0 Å². The SMILES string of the molecule is CC/C=C\C/C=C\C/C=C\C/C=C\C/C=C\CCCCOCC(COP(=O)(O)OCCN)OC(=O)CCCCCCCCC/C=C\CCCCCCCC. The van der Waals surface area contributed by atoms with Crippen LogP contribution in [0.15, 0.2) is 72.9 Å². The van der Waals surface area contributed by atoms with Gasteiger partial charge in [-0.15, -0.1) is 0 Å². The van der Waals surface area contributed by atoms with Gasteiger partial charge in [0.05, 0.1) is 19.8 Å². The zero-order chi connectivity index (χ0) is 39.5. The minimum atomic E-state index is -4.29. The molecular formula is C45H80NO7P. The van der Waals surface area contributed by atoms with Crippen molar-refractivity contribution in [2.75, 3.05) is 33.0 Å². The molecule has 0 rings (SSSR count). The number of carbonyl (C=O) groups excluding carboxylic acids is 1. The van der Waals surface area contributed by atoms with Crippen LogP contribution in [0.3, 0.4) is 0 Å². The first kappa shape index (κ1) is 51.9. The predicted molar refractivity (Wildman–Crippen MR) is 228 cm³/mol. The molecular weight excluding hydrogens is 697 g/mol. The van der Waals surface area contributed by atoms with Crippen molar-refractivity contribution in [1.29, 1.82) is 0 Å². The lowest BCUT2D eigenvalue weighted by molar-refractivity contribution is -0.154. The molecule has 0 aliphatic heterocycles. The van der Waals surface area contributed by atoms with Gasteiger partial charge < -0.3 is 20.1 Å². The molecule has 312 valence electrons. The minimum Gasteiger partial charge on any atom is -0.457 e. The summed E-state index contributed by atoms with van der Waals surface area (Å²) in [5, 5.41) is 0. The molecule has 0 heterocycles. The van der Waals surface area contributed by atoms with Crippen molar-refractivity contribution in [1.82, 2.24) is 0 Å². The van der Waals surface area contributed by atoms with Crippen LogP contribution in [0.5, 0.6) is 0 Å². The summed E-state index contributed by atoms with van der Waals surface area (Å²) >= 11 is 0. The van der Waals surface area contributed by atoms with E-state index in [0.717, 1.165) is 70.6 Å². The molecule has 0 aromatic heterocycles. The summed E-state index contributed by atoms with van der Waals surface area (Å²) in [6, 6.07) is 0. The van der Waals surface area contributed by atoms with Gasteiger partial charge in [0.25, 0.3) is 0 Å². The lowest BCUT2D eigenvalue weighted by atomic mass is 10.1. The number of rotatable bonds is 40. The fourth-order valence-electron chi connectivity index (χ4n) is 5.49. The number of ether oxygens (including phenoxy) is 2. The average molecular weight is 778 g/mol. The van der Waals surface area contributed by atoms with Crippen LogP contribution in [-0.4, -0.2) is 49.9 Å². The Morgan fingerprint density at radius 3 is 1.57 bits per heavy atom. The third-order valence-corrected chi connectivity index (χ3v) is 9.59. The van der Waals surface area contributed by atoms with Crippen LogP contribution in [0.2, 0.25) is 0 Å². The van der Waals surface area contributed by atoms with E-state index in [2.05, 4.69) is 86.8 Å². The van der Waals surface area contributed by atoms with E-state index >= 15 is 0 Å². The molecule has 0 radical (unpaired) electrons. The highest BCUT2D eigenvalue weighted by molar-refractivity contribution is 7.47. The molecule has 8 nitrogen and oxygen atoms in total. The van der Waals surface area contributed by atoms with Gasteiger partial charge in [-0.25, -0.2) is 4.57 Å². The lowest BCUT2D eigenvalue weighted by Crippen LogP contribution is -2.28. The molecule has 0 bridgehead atoms. The number of phosphoric ester groups is 1. The smallest absolute Gasteiger partial charge is 0.457 e. The highest BCUT2D eigenvalue weighted by atomic mass is 31.2. The number of allylic oxidation sites excluding steroid dienone is 12. The monoisotopic (exact) mass is 778 g/mol. The Balaban J connectivity index is 4.14. The molecule has 9 heteroatoms. The molecule has 0 aliphatic carbocycles. The summed E-state index contributed by atoms with van der Waals surface area (Å²) in [7, 11) is -4.29. The average Bonchev–Trinajstić information content (AvgIpc) is 3.16. The molecule has 0 fully saturated rings. The van der Waals surface area contributed by atoms with Crippen LogP contribution in [-0.2, 0) is 27.9 Å². The van der Waals surface area contributed by atoms with Crippen LogP contribution in [0.25, 0.3) is 0 Å². The molecule has 0 aromatic carbocycles. The minimum absolute atomic E-state index is 0.0819. The Kier molecular flexibility index (Phi) is 40.5. The van der Waals surface area contributed by atoms with Crippen molar-refractivity contribution >= 4 is 13.8 Å². The highest BCUT2D eigenvalue weighted by Gasteiger charge is 2.25. The molecule has 2 unspecified atom stereocenters. The van der Waals surface area contributed by atoms with Crippen molar-refractivity contribution in [3.8, 4) is 0 Å². The molecule has 0 aliphatic rings. The normalized spacial score (nSPS) is 14.2. The number of phosphoric acid groups is 1. The number of hydrogen-bond donors (Lipinski definition) is 2. The van der Waals surface area contributed by atoms with Crippen LogP contribution < -0.4 is 5.73 Å². The number of nitrogens with two attached hydrogens (primary N) is 1. The van der Waals surface area contributed by atoms with Gasteiger partial charge in [0, 0.05) is 19.6 Å². The highest BCUT2D eigenvalue weighted by Crippen LogP contribution is 2.43. The van der Waals surface area contributed by atoms with Crippen molar-refractivity contribution < 1.29 is 32.8 Å². The van der Waals surface area contributed by atoms with E-state index in [9.17, 15) is 14.3 Å². The Labute approximate surface area is 331 Å². The maximum absolute atomic E-state index is 12.6. The van der Waals surface area contributed by atoms with Gasteiger partial charge in [0.1, 0.15) is 6.10 Å². The van der Waals surface area contributed by atoms with Crippen LogP contribution >= 0.6 is 7.82 Å². The number of esters is 1. The van der Waals surface area contributed by atoms with Gasteiger partial charge in [0.2, 0.25) is 0 Å². The van der Waals surface area contributed by atoms with E-state index in [0.29, 0.717) is 13.0 Å². The first-order valence-electron chi connectivity index (χ1n) is 21.4. The quantitative estimate of drug-likeness (QED) is 0.0273. The summed E-state index contributed by atoms with van der Waals surface area (Å²) < 4.78 is 33.4. The zero-order valence-corrected chi connectivity index (χ0v) is 35.3. The van der Waals surface area contributed by atoms with E-state index in [1.165, 1.54) is 77.0 Å². The van der Waals surface area contributed by atoms with Crippen LogP contribution in [0.4, 0.5) is 0 Å². The first-order valence-corrected chi connectivity index (χ1v) is 22.9. The molecule has 2 atom stereocenters. The predicted octanol–water partition coefficient (Wildman–Crippen LogP) is 12.7. The molecule has 0 saturated carbocycles. The molecule has 0 aromatic rings. The standard InChI is InChI=1S/C45H80NO7P/c1-3-5-7-9-11-13-15-17-19-21-23-25-27-29-31-33-35-37-40-50-42-44(43-52-54(48,49)51-41-39-46)53-45(47)38-36-34-32-30-28-26-24-22-20-18-16-14-12-10-8-6-4-2/h5,7,11,13,17-20,23,25,29,31,44H,3-4,6,8-10,12,14-16,21-22,24,26-28,30,32-43,46H2,1-2H3,(H,48,49)/b7-5-,13-11-,19-17-,20-18-,25-23-,31-29-. The Morgan fingerprint density at radius 1 is 0.574 bits per heavy atom. The van der Waals surface area contributed by atoms with Gasteiger partial charge in [-0.1, -0.05) is 151 Å². The van der Waals surface area contributed by atoms with E-state index in [1.807, 2.05) is 0 Å². The molecule has 3 N–H and O–H groups in total. The fourth-order valence-corrected chi connectivity index (χ4v) is 6.25. The fraction of sp³-hybridized carbons (Fsp3) is 0.711. The van der Waals surface area contributed by atoms with Gasteiger partial charge in [-0.2, -0.15) is 0 Å². The first-order chi connectivity index (χ1) is 26.4. The Bertz CT molecular complexity index is 1050. The van der Waals surface area contributed by atoms with Gasteiger partial charge in [-0.3, -0.25) is 13.8 Å². The summed E-state index contributed by atoms with van der Waals surface area (Å²) in [6.07, 6.45) is 52.1. The van der Waals surface area contributed by atoms with Gasteiger partial charge >= 0.3 is 13.8 Å². The van der Waals surface area contributed by atoms with E-state index < -0.39 is 13.9 Å². The summed E-state index contributed by atoms with van der Waals surface area (Å²) in [5.74, 6) is -0.353. The van der Waals surface area contributed by atoms with Crippen molar-refractivity contribution in [2.24, 2.45) is 5.73 Å². The van der Waals surface area contributed by atoms with E-state index in [4.69, 9.17) is 24.3 Å². The maximum atomic E-state index is 12.6. The second-order valence-electron chi connectivity index (χ2n) is 13.8. The topological polar surface area (TPSA) is 117 Å². The van der Waals surface area contributed by atoms with Gasteiger partial charge in [0.15, 0.2) is 0 Å². The molecule has 0 saturated heterocycles. The largest absolute Gasteiger partial charge is 0.472 e. The van der Waals surface area contributed by atoms with E-state index in [1.54, 1.807) is 0 Å². The number of hydrogen-bond acceptors (Lipinski definition) is 7. The second kappa shape index (κ2) is 42.1. The third-order valence-electron chi connectivity index (χ3n) is 8.61. The van der Waals surface area contributed by atoms with Crippen LogP contribution in [0, 0.1) is 0 Å². The molecule has 0 amide bonds. The number of unbranched alkanes of at least 4 members (excludes halogenated alkanes) is 15. The Morgan fingerprint density at radius 2 is 1.04 bits per heavy atom. The molecule has 54 heavy (non-hydrogen) atoms. The van der Waals surface area contributed by atoms with Crippen LogP contribution in [0.1, 0.15) is 168 Å². The molecule has 0 spiro atoms. The number of carbonyl (C=O) groups is 1. The summed E-state index contributed by atoms with van der Waals surface area (Å²) in [5.41, 5.74) is 5.36. The Hall–Kier alpha value is -2.06. The lowest BCUT2D eigenvalue weighted by Gasteiger charge is -2.20. The summed E-state index contributed by atoms with van der Waals surface area (Å²) in [6.45, 7) is 4.67. The van der Waals surface area contributed by atoms with Gasteiger partial charge in [-0.05, 0) is 83.5 Å². The van der Waals surface area contributed by atoms with Crippen molar-refractivity contribution in [3.05, 3.63) is 72.9 Å². The van der Waals surface area contributed by atoms with E-state index in [-0.39, 0.29) is 32.3 Å². The van der Waals surface area contributed by atoms with Crippen molar-refractivity contribution in [2.45, 2.75) is 174 Å².